The van der Waals surface area contributed by atoms with Gasteiger partial charge in [-0.25, -0.2) is 14.1 Å². The molecule has 1 aliphatic heterocycles. The zero-order valence-corrected chi connectivity index (χ0v) is 18.7. The molecule has 0 atom stereocenters. The van der Waals surface area contributed by atoms with Crippen LogP contribution in [0, 0.1) is 11.3 Å². The standard InChI is InChI=1S/C24H20F6N6/c1-13(25)14(2)35-10-16(11-35)21(31)20-19(15-9-33-36(12-15)23(26)27)7-8-32-22(20)34-18-5-3-17(4-6-18)24(28,29)30/h3-9,12,16,23,31H,1-2,10-11H2,(H,32,34). The first-order valence-corrected chi connectivity index (χ1v) is 10.6. The Hall–Kier alpha value is -4.09. The summed E-state index contributed by atoms with van der Waals surface area (Å²) < 4.78 is 78.9. The Kier molecular flexibility index (Phi) is 6.61. The fraction of sp³-hybridized carbons (Fsp3) is 0.208. The van der Waals surface area contributed by atoms with Crippen molar-refractivity contribution in [2.75, 3.05) is 18.4 Å². The van der Waals surface area contributed by atoms with Crippen molar-refractivity contribution in [1.29, 1.82) is 5.41 Å². The van der Waals surface area contributed by atoms with Crippen LogP contribution in [0.4, 0.5) is 37.8 Å². The van der Waals surface area contributed by atoms with Crippen molar-refractivity contribution in [3.05, 3.63) is 84.7 Å². The maximum Gasteiger partial charge on any atom is 0.416 e. The number of halogens is 6. The van der Waals surface area contributed by atoms with Crippen LogP contribution in [0.5, 0.6) is 0 Å². The van der Waals surface area contributed by atoms with Crippen molar-refractivity contribution >= 4 is 17.2 Å². The second kappa shape index (κ2) is 9.51. The fourth-order valence-corrected chi connectivity index (χ4v) is 3.79. The van der Waals surface area contributed by atoms with Crippen LogP contribution < -0.4 is 5.32 Å². The molecule has 2 N–H and O–H groups in total. The normalized spacial score (nSPS) is 14.0. The quantitative estimate of drug-likeness (QED) is 0.211. The van der Waals surface area contributed by atoms with Gasteiger partial charge >= 0.3 is 12.7 Å². The van der Waals surface area contributed by atoms with Gasteiger partial charge in [-0.15, -0.1) is 0 Å². The Balaban J connectivity index is 1.70. The van der Waals surface area contributed by atoms with Gasteiger partial charge in [0.25, 0.3) is 0 Å². The van der Waals surface area contributed by atoms with E-state index in [1.54, 1.807) is 4.90 Å². The Morgan fingerprint density at radius 2 is 1.78 bits per heavy atom. The van der Waals surface area contributed by atoms with Gasteiger partial charge in [-0.05, 0) is 35.9 Å². The molecule has 0 bridgehead atoms. The van der Waals surface area contributed by atoms with Crippen molar-refractivity contribution in [1.82, 2.24) is 19.7 Å². The van der Waals surface area contributed by atoms with Crippen molar-refractivity contribution < 1.29 is 26.3 Å². The van der Waals surface area contributed by atoms with E-state index in [1.807, 2.05) is 0 Å². The van der Waals surface area contributed by atoms with E-state index in [4.69, 9.17) is 5.41 Å². The average molecular weight is 506 g/mol. The van der Waals surface area contributed by atoms with Gasteiger partial charge in [0.15, 0.2) is 0 Å². The molecule has 1 saturated heterocycles. The number of alkyl halides is 5. The molecule has 0 radical (unpaired) electrons. The third-order valence-electron chi connectivity index (χ3n) is 5.79. The Morgan fingerprint density at radius 1 is 1.11 bits per heavy atom. The monoisotopic (exact) mass is 506 g/mol. The van der Waals surface area contributed by atoms with Crippen LogP contribution in [0.2, 0.25) is 0 Å². The molecule has 1 aromatic carbocycles. The van der Waals surface area contributed by atoms with E-state index in [-0.39, 0.29) is 47.5 Å². The third-order valence-corrected chi connectivity index (χ3v) is 5.79. The van der Waals surface area contributed by atoms with Crippen LogP contribution in [-0.4, -0.2) is 38.5 Å². The van der Waals surface area contributed by atoms with Gasteiger partial charge in [0.1, 0.15) is 11.6 Å². The lowest BCUT2D eigenvalue weighted by Crippen LogP contribution is -2.49. The van der Waals surface area contributed by atoms with Crippen LogP contribution in [0.1, 0.15) is 17.7 Å². The summed E-state index contributed by atoms with van der Waals surface area (Å²) in [4.78, 5) is 5.87. The SMILES string of the molecule is C=C(F)C(=C)N1CC(C(=N)c2c(-c3cnn(C(F)F)c3)ccnc2Nc2ccc(C(F)(F)F)cc2)C1. The fourth-order valence-electron chi connectivity index (χ4n) is 3.79. The molecule has 6 nitrogen and oxygen atoms in total. The predicted molar refractivity (Wildman–Crippen MR) is 123 cm³/mol. The highest BCUT2D eigenvalue weighted by Gasteiger charge is 2.35. The summed E-state index contributed by atoms with van der Waals surface area (Å²) >= 11 is 0. The molecule has 12 heteroatoms. The summed E-state index contributed by atoms with van der Waals surface area (Å²) in [6, 6.07) is 5.79. The van der Waals surface area contributed by atoms with Gasteiger partial charge in [-0.2, -0.15) is 27.1 Å². The molecule has 0 unspecified atom stereocenters. The van der Waals surface area contributed by atoms with Gasteiger partial charge < -0.3 is 15.6 Å². The maximum absolute atomic E-state index is 13.4. The van der Waals surface area contributed by atoms with Crippen molar-refractivity contribution in [3.63, 3.8) is 0 Å². The third kappa shape index (κ3) is 4.97. The second-order valence-corrected chi connectivity index (χ2v) is 8.14. The molecule has 0 amide bonds. The molecule has 1 fully saturated rings. The molecule has 3 aromatic rings. The number of hydrogen-bond acceptors (Lipinski definition) is 5. The first-order chi connectivity index (χ1) is 17.0. The van der Waals surface area contributed by atoms with Crippen molar-refractivity contribution in [3.8, 4) is 11.1 Å². The molecule has 2 aromatic heterocycles. The molecule has 1 aliphatic rings. The summed E-state index contributed by atoms with van der Waals surface area (Å²) in [7, 11) is 0. The lowest BCUT2D eigenvalue weighted by atomic mass is 9.86. The number of nitrogens with zero attached hydrogens (tertiary/aromatic N) is 4. The van der Waals surface area contributed by atoms with Crippen LogP contribution in [0.15, 0.2) is 73.6 Å². The first kappa shape index (κ1) is 25.0. The van der Waals surface area contributed by atoms with E-state index in [0.29, 0.717) is 15.8 Å². The summed E-state index contributed by atoms with van der Waals surface area (Å²) in [5.41, 5.74) is 0.584. The topological polar surface area (TPSA) is 69.8 Å². The molecule has 0 aliphatic carbocycles. The largest absolute Gasteiger partial charge is 0.416 e. The number of rotatable bonds is 8. The Labute approximate surface area is 202 Å². The summed E-state index contributed by atoms with van der Waals surface area (Å²) in [6.07, 6.45) is -0.761. The minimum Gasteiger partial charge on any atom is -0.368 e. The minimum atomic E-state index is -4.50. The molecular formula is C24H20F6N6. The van der Waals surface area contributed by atoms with Gasteiger partial charge in [-0.3, -0.25) is 0 Å². The number of likely N-dealkylation sites (tertiary alicyclic amines) is 1. The minimum absolute atomic E-state index is 0.0887. The second-order valence-electron chi connectivity index (χ2n) is 8.14. The zero-order valence-electron chi connectivity index (χ0n) is 18.7. The summed E-state index contributed by atoms with van der Waals surface area (Å²) in [5.74, 6) is -0.914. The maximum atomic E-state index is 13.4. The lowest BCUT2D eigenvalue weighted by Gasteiger charge is -2.42. The highest BCUT2D eigenvalue weighted by Crippen LogP contribution is 2.36. The van der Waals surface area contributed by atoms with Crippen LogP contribution in [0.3, 0.4) is 0 Å². The molecule has 3 heterocycles. The zero-order chi connectivity index (χ0) is 26.2. The highest BCUT2D eigenvalue weighted by atomic mass is 19.4. The van der Waals surface area contributed by atoms with Crippen molar-refractivity contribution in [2.45, 2.75) is 12.7 Å². The highest BCUT2D eigenvalue weighted by molar-refractivity contribution is 6.10. The van der Waals surface area contributed by atoms with E-state index in [9.17, 15) is 26.3 Å². The molecule has 0 saturated carbocycles. The molecule has 36 heavy (non-hydrogen) atoms. The molecule has 0 spiro atoms. The van der Waals surface area contributed by atoms with Crippen LogP contribution in [0.25, 0.3) is 11.1 Å². The predicted octanol–water partition coefficient (Wildman–Crippen LogP) is 6.40. The van der Waals surface area contributed by atoms with Crippen LogP contribution >= 0.6 is 0 Å². The van der Waals surface area contributed by atoms with E-state index >= 15 is 0 Å². The number of hydrogen-bond donors (Lipinski definition) is 2. The number of nitrogens with one attached hydrogen (secondary N) is 2. The Bertz CT molecular complexity index is 1310. The average Bonchev–Trinajstić information content (AvgIpc) is 3.28. The molecular weight excluding hydrogens is 486 g/mol. The van der Waals surface area contributed by atoms with Crippen LogP contribution in [-0.2, 0) is 6.18 Å². The van der Waals surface area contributed by atoms with E-state index in [0.717, 1.165) is 18.3 Å². The van der Waals surface area contributed by atoms with E-state index < -0.39 is 24.1 Å². The number of aromatic nitrogens is 3. The summed E-state index contributed by atoms with van der Waals surface area (Å²) in [6.45, 7) is 4.51. The number of pyridine rings is 1. The van der Waals surface area contributed by atoms with Gasteiger partial charge in [-0.1, -0.05) is 13.2 Å². The van der Waals surface area contributed by atoms with Gasteiger partial charge in [0, 0.05) is 53.9 Å². The number of anilines is 2. The smallest absolute Gasteiger partial charge is 0.368 e. The van der Waals surface area contributed by atoms with E-state index in [1.165, 1.54) is 30.6 Å². The first-order valence-electron chi connectivity index (χ1n) is 10.6. The Morgan fingerprint density at radius 3 is 2.33 bits per heavy atom. The number of allylic oxidation sites excluding steroid dienone is 1. The lowest BCUT2D eigenvalue weighted by molar-refractivity contribution is -0.137. The van der Waals surface area contributed by atoms with Gasteiger partial charge in [0.2, 0.25) is 0 Å². The van der Waals surface area contributed by atoms with E-state index in [2.05, 4.69) is 28.6 Å². The van der Waals surface area contributed by atoms with Crippen molar-refractivity contribution in [2.24, 2.45) is 5.92 Å². The van der Waals surface area contributed by atoms with Gasteiger partial charge in [0.05, 0.1) is 17.5 Å². The molecule has 188 valence electrons. The number of benzene rings is 1. The molecule has 4 rings (SSSR count). The summed E-state index contributed by atoms with van der Waals surface area (Å²) in [5, 5.41) is 15.4.